The predicted octanol–water partition coefficient (Wildman–Crippen LogP) is 2.85. The number of alkyl halides is 3. The van der Waals surface area contributed by atoms with Gasteiger partial charge in [0.15, 0.2) is 0 Å². The van der Waals surface area contributed by atoms with Crippen LogP contribution in [0.15, 0.2) is 53.8 Å². The van der Waals surface area contributed by atoms with Crippen LogP contribution in [-0.2, 0) is 35.2 Å². The molecule has 32 heavy (non-hydrogen) atoms. The van der Waals surface area contributed by atoms with E-state index in [2.05, 4.69) is 25.1 Å². The number of anilines is 1. The SMILES string of the molecule is Cn1cc(C2(CNS(=O)(=O)c3ccc(NCc4cccc(C(F)(F)F)n4)nc3)CC2)cn1. The van der Waals surface area contributed by atoms with Gasteiger partial charge in [-0.05, 0) is 42.7 Å². The molecule has 0 radical (unpaired) electrons. The van der Waals surface area contributed by atoms with Gasteiger partial charge in [-0.15, -0.1) is 0 Å². The van der Waals surface area contributed by atoms with Crippen molar-refractivity contribution < 1.29 is 21.6 Å². The van der Waals surface area contributed by atoms with E-state index in [-0.39, 0.29) is 29.1 Å². The van der Waals surface area contributed by atoms with Crippen molar-refractivity contribution in [3.63, 3.8) is 0 Å². The van der Waals surface area contributed by atoms with E-state index in [4.69, 9.17) is 0 Å². The molecule has 3 aromatic rings. The summed E-state index contributed by atoms with van der Waals surface area (Å²) in [4.78, 5) is 7.63. The Morgan fingerprint density at radius 1 is 1.16 bits per heavy atom. The summed E-state index contributed by atoms with van der Waals surface area (Å²) in [6, 6.07) is 6.48. The highest BCUT2D eigenvalue weighted by Crippen LogP contribution is 2.47. The highest BCUT2D eigenvalue weighted by atomic mass is 32.2. The minimum atomic E-state index is -4.52. The van der Waals surface area contributed by atoms with Crippen LogP contribution in [0.4, 0.5) is 19.0 Å². The summed E-state index contributed by atoms with van der Waals surface area (Å²) in [5, 5.41) is 7.00. The first-order valence-electron chi connectivity index (χ1n) is 9.79. The molecule has 1 aliphatic rings. The summed E-state index contributed by atoms with van der Waals surface area (Å²) in [6.45, 7) is 0.275. The van der Waals surface area contributed by atoms with E-state index in [1.165, 1.54) is 30.5 Å². The standard InChI is InChI=1S/C20H21F3N6O2S/c1-29-12-14(9-26-29)19(7-8-19)13-27-32(30,31)16-5-6-18(25-11-16)24-10-15-3-2-4-17(28-15)20(21,22)23/h2-6,9,11-12,27H,7-8,10,13H2,1H3,(H,24,25). The second kappa shape index (κ2) is 8.17. The zero-order valence-electron chi connectivity index (χ0n) is 17.1. The second-order valence-electron chi connectivity index (χ2n) is 7.75. The second-order valence-corrected chi connectivity index (χ2v) is 9.52. The predicted molar refractivity (Wildman–Crippen MR) is 110 cm³/mol. The number of nitrogens with zero attached hydrogens (tertiary/aromatic N) is 4. The molecule has 170 valence electrons. The lowest BCUT2D eigenvalue weighted by Gasteiger charge is -2.15. The number of nitrogens with one attached hydrogen (secondary N) is 2. The Morgan fingerprint density at radius 2 is 1.94 bits per heavy atom. The maximum atomic E-state index is 12.8. The van der Waals surface area contributed by atoms with Gasteiger partial charge in [-0.1, -0.05) is 6.07 Å². The smallest absolute Gasteiger partial charge is 0.364 e. The zero-order chi connectivity index (χ0) is 23.0. The molecule has 3 heterocycles. The van der Waals surface area contributed by atoms with E-state index in [0.29, 0.717) is 5.82 Å². The average Bonchev–Trinajstić information content (AvgIpc) is 3.43. The fourth-order valence-corrected chi connectivity index (χ4v) is 4.36. The van der Waals surface area contributed by atoms with Gasteiger partial charge in [-0.2, -0.15) is 18.3 Å². The van der Waals surface area contributed by atoms with Crippen molar-refractivity contribution in [2.24, 2.45) is 7.05 Å². The minimum Gasteiger partial charge on any atom is -0.364 e. The van der Waals surface area contributed by atoms with Crippen molar-refractivity contribution in [1.29, 1.82) is 0 Å². The maximum Gasteiger partial charge on any atom is 0.433 e. The molecule has 2 N–H and O–H groups in total. The third kappa shape index (κ3) is 4.91. The largest absolute Gasteiger partial charge is 0.433 e. The molecule has 1 aliphatic carbocycles. The van der Waals surface area contributed by atoms with Crippen molar-refractivity contribution in [2.75, 3.05) is 11.9 Å². The van der Waals surface area contributed by atoms with Crippen LogP contribution in [-0.4, -0.2) is 34.7 Å². The quantitative estimate of drug-likeness (QED) is 0.529. The Balaban J connectivity index is 1.37. The molecule has 0 saturated heterocycles. The summed E-state index contributed by atoms with van der Waals surface area (Å²) >= 11 is 0. The van der Waals surface area contributed by atoms with Gasteiger partial charge in [0.05, 0.1) is 18.4 Å². The normalized spacial score (nSPS) is 15.5. The Hall–Kier alpha value is -2.99. The minimum absolute atomic E-state index is 0.00207. The molecule has 8 nitrogen and oxygen atoms in total. The van der Waals surface area contributed by atoms with Crippen molar-refractivity contribution in [3.05, 3.63) is 65.9 Å². The first-order chi connectivity index (χ1) is 15.1. The number of aromatic nitrogens is 4. The zero-order valence-corrected chi connectivity index (χ0v) is 17.9. The molecular weight excluding hydrogens is 445 g/mol. The number of rotatable bonds is 8. The lowest BCUT2D eigenvalue weighted by Crippen LogP contribution is -2.32. The monoisotopic (exact) mass is 466 g/mol. The molecule has 0 atom stereocenters. The first kappa shape index (κ1) is 22.2. The molecule has 0 unspecified atom stereocenters. The van der Waals surface area contributed by atoms with Gasteiger partial charge in [0.1, 0.15) is 16.4 Å². The number of pyridine rings is 2. The van der Waals surface area contributed by atoms with Crippen LogP contribution in [0.25, 0.3) is 0 Å². The third-order valence-corrected chi connectivity index (χ3v) is 6.75. The van der Waals surface area contributed by atoms with Crippen molar-refractivity contribution >= 4 is 15.8 Å². The molecule has 0 spiro atoms. The molecule has 0 bridgehead atoms. The van der Waals surface area contributed by atoms with E-state index in [1.807, 2.05) is 13.2 Å². The van der Waals surface area contributed by atoms with Crippen LogP contribution < -0.4 is 10.0 Å². The fraction of sp³-hybridized carbons (Fsp3) is 0.350. The molecule has 0 amide bonds. The van der Waals surface area contributed by atoms with Gasteiger partial charge >= 0.3 is 6.18 Å². The van der Waals surface area contributed by atoms with E-state index in [0.717, 1.165) is 24.5 Å². The van der Waals surface area contributed by atoms with Gasteiger partial charge in [-0.25, -0.2) is 23.1 Å². The van der Waals surface area contributed by atoms with Crippen molar-refractivity contribution in [2.45, 2.75) is 35.9 Å². The lowest BCUT2D eigenvalue weighted by atomic mass is 10.0. The van der Waals surface area contributed by atoms with E-state index in [9.17, 15) is 21.6 Å². The van der Waals surface area contributed by atoms with Crippen LogP contribution in [0.5, 0.6) is 0 Å². The summed E-state index contributed by atoms with van der Waals surface area (Å²) in [6.07, 6.45) is 2.09. The van der Waals surface area contributed by atoms with Gasteiger partial charge < -0.3 is 5.32 Å². The Kier molecular flexibility index (Phi) is 5.67. The third-order valence-electron chi connectivity index (χ3n) is 5.37. The molecule has 12 heteroatoms. The van der Waals surface area contributed by atoms with Crippen LogP contribution in [0.2, 0.25) is 0 Å². The van der Waals surface area contributed by atoms with E-state index in [1.54, 1.807) is 10.9 Å². The summed E-state index contributed by atoms with van der Waals surface area (Å²) < 4.78 is 67.9. The topological polar surface area (TPSA) is 102 Å². The lowest BCUT2D eigenvalue weighted by molar-refractivity contribution is -0.141. The molecule has 4 rings (SSSR count). The molecule has 1 saturated carbocycles. The number of halogens is 3. The van der Waals surface area contributed by atoms with Crippen LogP contribution in [0.3, 0.4) is 0 Å². The van der Waals surface area contributed by atoms with Crippen LogP contribution in [0, 0.1) is 0 Å². The number of hydrogen-bond donors (Lipinski definition) is 2. The molecule has 3 aromatic heterocycles. The summed E-state index contributed by atoms with van der Waals surface area (Å²) in [5.74, 6) is 0.317. The highest BCUT2D eigenvalue weighted by molar-refractivity contribution is 7.89. The van der Waals surface area contributed by atoms with Crippen molar-refractivity contribution in [3.8, 4) is 0 Å². The first-order valence-corrected chi connectivity index (χ1v) is 11.3. The number of aryl methyl sites for hydroxylation is 1. The van der Waals surface area contributed by atoms with Crippen LogP contribution in [0.1, 0.15) is 29.8 Å². The summed E-state index contributed by atoms with van der Waals surface area (Å²) in [5.41, 5.74) is -0.0144. The fourth-order valence-electron chi connectivity index (χ4n) is 3.29. The summed E-state index contributed by atoms with van der Waals surface area (Å²) in [7, 11) is -1.95. The van der Waals surface area contributed by atoms with Gasteiger partial charge in [0, 0.05) is 31.4 Å². The van der Waals surface area contributed by atoms with Gasteiger partial charge in [0.2, 0.25) is 10.0 Å². The maximum absolute atomic E-state index is 12.8. The average molecular weight is 466 g/mol. The Labute approximate surface area is 182 Å². The van der Waals surface area contributed by atoms with Gasteiger partial charge in [0.25, 0.3) is 0 Å². The molecule has 0 aromatic carbocycles. The Morgan fingerprint density at radius 3 is 2.53 bits per heavy atom. The molecule has 1 fully saturated rings. The van der Waals surface area contributed by atoms with Crippen LogP contribution >= 0.6 is 0 Å². The number of sulfonamides is 1. The highest BCUT2D eigenvalue weighted by Gasteiger charge is 2.45. The van der Waals surface area contributed by atoms with E-state index >= 15 is 0 Å². The van der Waals surface area contributed by atoms with Crippen molar-refractivity contribution in [1.82, 2.24) is 24.5 Å². The molecular formula is C20H21F3N6O2S. The molecule has 0 aliphatic heterocycles. The Bertz CT molecular complexity index is 1200. The van der Waals surface area contributed by atoms with Gasteiger partial charge in [-0.3, -0.25) is 4.68 Å². The van der Waals surface area contributed by atoms with E-state index < -0.39 is 21.9 Å². The number of hydrogen-bond acceptors (Lipinski definition) is 6.